The highest BCUT2D eigenvalue weighted by Gasteiger charge is 2.32. The highest BCUT2D eigenvalue weighted by atomic mass is 16.3. The lowest BCUT2D eigenvalue weighted by molar-refractivity contribution is -0.00363. The van der Waals surface area contributed by atoms with Gasteiger partial charge in [0.2, 0.25) is 0 Å². The molecule has 0 radical (unpaired) electrons. The minimum Gasteiger partial charge on any atom is -0.393 e. The van der Waals surface area contributed by atoms with Crippen LogP contribution in [-0.4, -0.2) is 59.8 Å². The Labute approximate surface area is 100 Å². The maximum absolute atomic E-state index is 9.76. The van der Waals surface area contributed by atoms with E-state index >= 15 is 0 Å². The Kier molecular flexibility index (Phi) is 4.38. The molecule has 0 aliphatic carbocycles. The summed E-state index contributed by atoms with van der Waals surface area (Å²) in [6.07, 6.45) is -0.252. The molecule has 1 aliphatic heterocycles. The molecule has 3 nitrogen and oxygen atoms in total. The highest BCUT2D eigenvalue weighted by molar-refractivity contribution is 4.87. The van der Waals surface area contributed by atoms with E-state index in [9.17, 15) is 5.11 Å². The van der Waals surface area contributed by atoms with Gasteiger partial charge in [0, 0.05) is 37.1 Å². The number of hydrogen-bond acceptors (Lipinski definition) is 3. The van der Waals surface area contributed by atoms with E-state index in [2.05, 4.69) is 44.5 Å². The maximum Gasteiger partial charge on any atom is 0.0575 e. The van der Waals surface area contributed by atoms with Crippen LogP contribution in [0.25, 0.3) is 0 Å². The van der Waals surface area contributed by atoms with Crippen molar-refractivity contribution in [3.05, 3.63) is 0 Å². The molecule has 96 valence electrons. The van der Waals surface area contributed by atoms with Crippen LogP contribution in [0.3, 0.4) is 0 Å². The Morgan fingerprint density at radius 3 is 2.06 bits per heavy atom. The highest BCUT2D eigenvalue weighted by Crippen LogP contribution is 2.24. The Morgan fingerprint density at radius 2 is 1.69 bits per heavy atom. The predicted octanol–water partition coefficient (Wildman–Crippen LogP) is 1.42. The fraction of sp³-hybridized carbons (Fsp3) is 1.00. The van der Waals surface area contributed by atoms with Gasteiger partial charge in [-0.3, -0.25) is 9.80 Å². The fourth-order valence-electron chi connectivity index (χ4n) is 2.35. The van der Waals surface area contributed by atoms with Crippen LogP contribution in [0.5, 0.6) is 0 Å². The van der Waals surface area contributed by atoms with Crippen molar-refractivity contribution in [3.8, 4) is 0 Å². The van der Waals surface area contributed by atoms with E-state index < -0.39 is 0 Å². The van der Waals surface area contributed by atoms with Crippen LogP contribution in [0.2, 0.25) is 0 Å². The van der Waals surface area contributed by atoms with Crippen LogP contribution >= 0.6 is 0 Å². The van der Waals surface area contributed by atoms with Gasteiger partial charge in [-0.15, -0.1) is 0 Å². The number of hydrogen-bond donors (Lipinski definition) is 1. The first kappa shape index (κ1) is 13.9. The number of aliphatic hydroxyl groups is 1. The summed E-state index contributed by atoms with van der Waals surface area (Å²) in [5.41, 5.74) is -0.0185. The molecule has 1 aliphatic rings. The van der Waals surface area contributed by atoms with Crippen molar-refractivity contribution in [2.45, 2.75) is 52.8 Å². The van der Waals surface area contributed by atoms with Crippen LogP contribution in [-0.2, 0) is 0 Å². The van der Waals surface area contributed by atoms with Crippen molar-refractivity contribution in [2.75, 3.05) is 26.7 Å². The zero-order valence-electron chi connectivity index (χ0n) is 11.7. The molecule has 3 unspecified atom stereocenters. The molecule has 1 heterocycles. The summed E-state index contributed by atoms with van der Waals surface area (Å²) in [6.45, 7) is 13.9. The molecular formula is C13H28N2O. The lowest BCUT2D eigenvalue weighted by Crippen LogP contribution is -2.57. The molecule has 1 fully saturated rings. The molecule has 0 bridgehead atoms. The van der Waals surface area contributed by atoms with Gasteiger partial charge in [0.1, 0.15) is 0 Å². The monoisotopic (exact) mass is 228 g/mol. The topological polar surface area (TPSA) is 26.7 Å². The standard InChI is InChI=1S/C13H28N2O/c1-10-7-15(8-11(2)14(10)6)9-13(4,5)12(3)16/h10-12,16H,7-9H2,1-6H3. The van der Waals surface area contributed by atoms with E-state index in [4.69, 9.17) is 0 Å². The molecule has 1 saturated heterocycles. The molecule has 3 atom stereocenters. The first-order valence-corrected chi connectivity index (χ1v) is 6.36. The minimum absolute atomic E-state index is 0.0185. The summed E-state index contributed by atoms with van der Waals surface area (Å²) in [5.74, 6) is 0. The van der Waals surface area contributed by atoms with Crippen molar-refractivity contribution >= 4 is 0 Å². The third-order valence-electron chi connectivity index (χ3n) is 4.20. The quantitative estimate of drug-likeness (QED) is 0.791. The van der Waals surface area contributed by atoms with Crippen LogP contribution < -0.4 is 0 Å². The molecule has 16 heavy (non-hydrogen) atoms. The van der Waals surface area contributed by atoms with Crippen molar-refractivity contribution in [1.29, 1.82) is 0 Å². The second-order valence-corrected chi connectivity index (χ2v) is 6.22. The van der Waals surface area contributed by atoms with Gasteiger partial charge in [-0.05, 0) is 27.8 Å². The van der Waals surface area contributed by atoms with Crippen LogP contribution in [0.15, 0.2) is 0 Å². The van der Waals surface area contributed by atoms with Gasteiger partial charge in [0.25, 0.3) is 0 Å². The molecular weight excluding hydrogens is 200 g/mol. The van der Waals surface area contributed by atoms with Gasteiger partial charge in [-0.2, -0.15) is 0 Å². The summed E-state index contributed by atoms with van der Waals surface area (Å²) in [4.78, 5) is 4.92. The van der Waals surface area contributed by atoms with Crippen LogP contribution in [0.4, 0.5) is 0 Å². The lowest BCUT2D eigenvalue weighted by Gasteiger charge is -2.45. The van der Waals surface area contributed by atoms with Gasteiger partial charge in [0.15, 0.2) is 0 Å². The van der Waals surface area contributed by atoms with Crippen LogP contribution in [0, 0.1) is 5.41 Å². The van der Waals surface area contributed by atoms with E-state index in [-0.39, 0.29) is 11.5 Å². The average molecular weight is 228 g/mol. The van der Waals surface area contributed by atoms with E-state index in [0.717, 1.165) is 19.6 Å². The van der Waals surface area contributed by atoms with E-state index in [1.165, 1.54) is 0 Å². The normalized spacial score (nSPS) is 31.7. The minimum atomic E-state index is -0.252. The Morgan fingerprint density at radius 1 is 1.25 bits per heavy atom. The Bertz CT molecular complexity index is 216. The average Bonchev–Trinajstić information content (AvgIpc) is 2.13. The van der Waals surface area contributed by atoms with Gasteiger partial charge in [0.05, 0.1) is 6.10 Å². The molecule has 0 aromatic heterocycles. The smallest absolute Gasteiger partial charge is 0.0575 e. The zero-order chi connectivity index (χ0) is 12.5. The number of rotatable bonds is 3. The number of likely N-dealkylation sites (N-methyl/N-ethyl adjacent to an activating group) is 1. The van der Waals surface area contributed by atoms with Crippen LogP contribution in [0.1, 0.15) is 34.6 Å². The third kappa shape index (κ3) is 3.19. The van der Waals surface area contributed by atoms with E-state index in [1.807, 2.05) is 6.92 Å². The van der Waals surface area contributed by atoms with Crippen molar-refractivity contribution in [3.63, 3.8) is 0 Å². The maximum atomic E-state index is 9.76. The van der Waals surface area contributed by atoms with Gasteiger partial charge in [-0.25, -0.2) is 0 Å². The Balaban J connectivity index is 2.57. The summed E-state index contributed by atoms with van der Waals surface area (Å²) in [6, 6.07) is 1.21. The number of aliphatic hydroxyl groups excluding tert-OH is 1. The number of nitrogens with zero attached hydrogens (tertiary/aromatic N) is 2. The third-order valence-corrected chi connectivity index (χ3v) is 4.20. The second kappa shape index (κ2) is 5.03. The van der Waals surface area contributed by atoms with Crippen molar-refractivity contribution in [1.82, 2.24) is 9.80 Å². The summed E-state index contributed by atoms with van der Waals surface area (Å²) < 4.78 is 0. The fourth-order valence-corrected chi connectivity index (χ4v) is 2.35. The molecule has 0 saturated carbocycles. The van der Waals surface area contributed by atoms with Crippen molar-refractivity contribution < 1.29 is 5.11 Å². The molecule has 0 aromatic carbocycles. The molecule has 0 amide bonds. The molecule has 1 rings (SSSR count). The zero-order valence-corrected chi connectivity index (χ0v) is 11.7. The first-order valence-electron chi connectivity index (χ1n) is 6.36. The van der Waals surface area contributed by atoms with Crippen molar-refractivity contribution in [2.24, 2.45) is 5.41 Å². The first-order chi connectivity index (χ1) is 7.24. The molecule has 0 aromatic rings. The van der Waals surface area contributed by atoms with Gasteiger partial charge in [-0.1, -0.05) is 13.8 Å². The SMILES string of the molecule is CC1CN(CC(C)(C)C(C)O)CC(C)N1C. The largest absolute Gasteiger partial charge is 0.393 e. The number of piperazine rings is 1. The lowest BCUT2D eigenvalue weighted by atomic mass is 9.86. The van der Waals surface area contributed by atoms with E-state index in [1.54, 1.807) is 0 Å². The molecule has 1 N–H and O–H groups in total. The van der Waals surface area contributed by atoms with E-state index in [0.29, 0.717) is 12.1 Å². The Hall–Kier alpha value is -0.120. The molecule has 3 heteroatoms. The predicted molar refractivity (Wildman–Crippen MR) is 68.6 cm³/mol. The van der Waals surface area contributed by atoms with Gasteiger partial charge >= 0.3 is 0 Å². The summed E-state index contributed by atoms with van der Waals surface area (Å²) in [5, 5.41) is 9.76. The van der Waals surface area contributed by atoms with Gasteiger partial charge < -0.3 is 5.11 Å². The second-order valence-electron chi connectivity index (χ2n) is 6.22. The summed E-state index contributed by atoms with van der Waals surface area (Å²) >= 11 is 0. The molecule has 0 spiro atoms. The summed E-state index contributed by atoms with van der Waals surface area (Å²) in [7, 11) is 2.20.